The number of hydrogen-bond acceptors (Lipinski definition) is 3. The van der Waals surface area contributed by atoms with Crippen LogP contribution in [-0.4, -0.2) is 35.3 Å². The van der Waals surface area contributed by atoms with Crippen LogP contribution < -0.4 is 10.6 Å². The first-order valence-corrected chi connectivity index (χ1v) is 8.13. The highest BCUT2D eigenvalue weighted by Gasteiger charge is 2.09. The molecule has 0 radical (unpaired) electrons. The van der Waals surface area contributed by atoms with E-state index in [1.54, 1.807) is 0 Å². The Morgan fingerprint density at radius 1 is 0.920 bits per heavy atom. The van der Waals surface area contributed by atoms with Crippen molar-refractivity contribution < 1.29 is 19.8 Å². The topological polar surface area (TPSA) is 98.7 Å². The summed E-state index contributed by atoms with van der Waals surface area (Å²) < 4.78 is 0. The monoisotopic (exact) mass is 342 g/mol. The summed E-state index contributed by atoms with van der Waals surface area (Å²) in [7, 11) is 0. The van der Waals surface area contributed by atoms with E-state index >= 15 is 0 Å². The number of aliphatic hydroxyl groups is 1. The molecule has 0 heterocycles. The highest BCUT2D eigenvalue weighted by molar-refractivity contribution is 5.74. The fraction of sp³-hybridized carbons (Fsp3) is 0.263. The number of aliphatic carboxylic acids is 1. The van der Waals surface area contributed by atoms with E-state index in [4.69, 9.17) is 5.11 Å². The van der Waals surface area contributed by atoms with Crippen LogP contribution in [0.2, 0.25) is 0 Å². The summed E-state index contributed by atoms with van der Waals surface area (Å²) in [6, 6.07) is 17.0. The number of amides is 2. The molecule has 2 aromatic rings. The summed E-state index contributed by atoms with van der Waals surface area (Å²) in [5.74, 6) is -0.892. The number of rotatable bonds is 8. The van der Waals surface area contributed by atoms with Crippen LogP contribution in [0.15, 0.2) is 54.6 Å². The molecule has 1 atom stereocenters. The first-order chi connectivity index (χ1) is 12.1. The summed E-state index contributed by atoms with van der Waals surface area (Å²) in [6.07, 6.45) is -0.433. The van der Waals surface area contributed by atoms with Gasteiger partial charge < -0.3 is 20.8 Å². The second-order valence-corrected chi connectivity index (χ2v) is 5.64. The summed E-state index contributed by atoms with van der Waals surface area (Å²) in [4.78, 5) is 22.0. The maximum Gasteiger partial charge on any atom is 0.314 e. The maximum atomic E-state index is 11.6. The van der Waals surface area contributed by atoms with Gasteiger partial charge in [0.25, 0.3) is 0 Å². The molecule has 2 aromatic carbocycles. The molecule has 0 aliphatic carbocycles. The van der Waals surface area contributed by atoms with Crippen molar-refractivity contribution in [2.45, 2.75) is 18.9 Å². The van der Waals surface area contributed by atoms with Crippen LogP contribution in [-0.2, 0) is 4.79 Å². The third-order valence-corrected chi connectivity index (χ3v) is 3.71. The Bertz CT molecular complexity index is 686. The minimum Gasteiger partial charge on any atom is -0.481 e. The number of carboxylic acid groups (broad SMARTS) is 1. The van der Waals surface area contributed by atoms with Gasteiger partial charge in [0, 0.05) is 19.5 Å². The molecule has 0 spiro atoms. The van der Waals surface area contributed by atoms with Crippen LogP contribution in [0.3, 0.4) is 0 Å². The summed E-state index contributed by atoms with van der Waals surface area (Å²) >= 11 is 0. The standard InChI is InChI=1S/C19H22N2O4/c22-17(13-21-19(25)20-12-4-7-18(23)24)16-10-8-15(9-11-16)14-5-2-1-3-6-14/h1-3,5-6,8-11,17,22H,4,7,12-13H2,(H,23,24)(H2,20,21,25). The lowest BCUT2D eigenvalue weighted by molar-refractivity contribution is -0.137. The Labute approximate surface area is 146 Å². The van der Waals surface area contributed by atoms with Crippen molar-refractivity contribution in [3.8, 4) is 11.1 Å². The summed E-state index contributed by atoms with van der Waals surface area (Å²) in [5, 5.41) is 23.8. The lowest BCUT2D eigenvalue weighted by atomic mass is 10.0. The predicted molar refractivity (Wildman–Crippen MR) is 95.1 cm³/mol. The third-order valence-electron chi connectivity index (χ3n) is 3.71. The molecule has 0 aromatic heterocycles. The van der Waals surface area contributed by atoms with Crippen LogP contribution >= 0.6 is 0 Å². The van der Waals surface area contributed by atoms with Crippen molar-refractivity contribution in [1.29, 1.82) is 0 Å². The highest BCUT2D eigenvalue weighted by atomic mass is 16.4. The number of benzene rings is 2. The molecule has 0 aliphatic heterocycles. The van der Waals surface area contributed by atoms with E-state index < -0.39 is 18.1 Å². The first kappa shape index (κ1) is 18.5. The van der Waals surface area contributed by atoms with Gasteiger partial charge in [-0.3, -0.25) is 4.79 Å². The van der Waals surface area contributed by atoms with E-state index in [1.165, 1.54) is 0 Å². The van der Waals surface area contributed by atoms with E-state index in [2.05, 4.69) is 10.6 Å². The van der Waals surface area contributed by atoms with E-state index in [0.29, 0.717) is 12.0 Å². The molecule has 6 heteroatoms. The molecule has 132 valence electrons. The number of hydrogen-bond donors (Lipinski definition) is 4. The smallest absolute Gasteiger partial charge is 0.314 e. The van der Waals surface area contributed by atoms with Gasteiger partial charge in [-0.2, -0.15) is 0 Å². The zero-order chi connectivity index (χ0) is 18.1. The second kappa shape index (κ2) is 9.44. The summed E-state index contributed by atoms with van der Waals surface area (Å²) in [5.41, 5.74) is 2.87. The molecule has 25 heavy (non-hydrogen) atoms. The van der Waals surface area contributed by atoms with Crippen molar-refractivity contribution in [2.75, 3.05) is 13.1 Å². The third kappa shape index (κ3) is 6.27. The predicted octanol–water partition coefficient (Wildman–Crippen LogP) is 2.55. The van der Waals surface area contributed by atoms with Gasteiger partial charge in [0.1, 0.15) is 0 Å². The molecule has 0 aliphatic rings. The van der Waals surface area contributed by atoms with Crippen LogP contribution in [0.5, 0.6) is 0 Å². The van der Waals surface area contributed by atoms with Gasteiger partial charge in [0.15, 0.2) is 0 Å². The Morgan fingerprint density at radius 3 is 2.20 bits per heavy atom. The van der Waals surface area contributed by atoms with Crippen LogP contribution in [0.1, 0.15) is 24.5 Å². The Hall–Kier alpha value is -2.86. The van der Waals surface area contributed by atoms with Crippen LogP contribution in [0.25, 0.3) is 11.1 Å². The van der Waals surface area contributed by atoms with Gasteiger partial charge in [-0.1, -0.05) is 54.6 Å². The van der Waals surface area contributed by atoms with E-state index in [1.807, 2.05) is 54.6 Å². The number of aliphatic hydroxyl groups excluding tert-OH is 1. The SMILES string of the molecule is O=C(O)CCCNC(=O)NCC(O)c1ccc(-c2ccccc2)cc1. The van der Waals surface area contributed by atoms with E-state index in [-0.39, 0.29) is 19.5 Å². The number of carbonyl (C=O) groups is 2. The molecular formula is C19H22N2O4. The van der Waals surface area contributed by atoms with Gasteiger partial charge in [0.2, 0.25) is 0 Å². The molecular weight excluding hydrogens is 320 g/mol. The fourth-order valence-electron chi connectivity index (χ4n) is 2.34. The Kier molecular flexibility index (Phi) is 6.98. The van der Waals surface area contributed by atoms with Gasteiger partial charge in [0.05, 0.1) is 6.10 Å². The minimum absolute atomic E-state index is 0.0106. The van der Waals surface area contributed by atoms with Crippen molar-refractivity contribution in [3.63, 3.8) is 0 Å². The van der Waals surface area contributed by atoms with Crippen molar-refractivity contribution in [2.24, 2.45) is 0 Å². The fourth-order valence-corrected chi connectivity index (χ4v) is 2.34. The highest BCUT2D eigenvalue weighted by Crippen LogP contribution is 2.21. The molecule has 6 nitrogen and oxygen atoms in total. The van der Waals surface area contributed by atoms with Crippen molar-refractivity contribution >= 4 is 12.0 Å². The minimum atomic E-state index is -0.892. The van der Waals surface area contributed by atoms with Gasteiger partial charge in [-0.15, -0.1) is 0 Å². The summed E-state index contributed by atoms with van der Waals surface area (Å²) in [6.45, 7) is 0.357. The normalized spacial score (nSPS) is 11.6. The lowest BCUT2D eigenvalue weighted by Crippen LogP contribution is -2.38. The number of nitrogens with one attached hydrogen (secondary N) is 2. The number of carboxylic acids is 1. The van der Waals surface area contributed by atoms with Crippen molar-refractivity contribution in [1.82, 2.24) is 10.6 Å². The van der Waals surface area contributed by atoms with Gasteiger partial charge in [-0.25, -0.2) is 4.79 Å². The quantitative estimate of drug-likeness (QED) is 0.554. The molecule has 0 fully saturated rings. The zero-order valence-corrected chi connectivity index (χ0v) is 13.8. The van der Waals surface area contributed by atoms with E-state index in [9.17, 15) is 14.7 Å². The second-order valence-electron chi connectivity index (χ2n) is 5.64. The molecule has 4 N–H and O–H groups in total. The van der Waals surface area contributed by atoms with Gasteiger partial charge >= 0.3 is 12.0 Å². The average molecular weight is 342 g/mol. The first-order valence-electron chi connectivity index (χ1n) is 8.13. The van der Waals surface area contributed by atoms with Gasteiger partial charge in [-0.05, 0) is 23.1 Å². The lowest BCUT2D eigenvalue weighted by Gasteiger charge is -2.13. The number of urea groups is 1. The Morgan fingerprint density at radius 2 is 1.56 bits per heavy atom. The average Bonchev–Trinajstić information content (AvgIpc) is 2.64. The Balaban J connectivity index is 1.78. The molecule has 2 amide bonds. The number of carbonyl (C=O) groups excluding carboxylic acids is 1. The molecule has 2 rings (SSSR count). The van der Waals surface area contributed by atoms with E-state index in [0.717, 1.165) is 11.1 Å². The zero-order valence-electron chi connectivity index (χ0n) is 13.8. The van der Waals surface area contributed by atoms with Crippen LogP contribution in [0.4, 0.5) is 4.79 Å². The molecule has 0 bridgehead atoms. The molecule has 1 unspecified atom stereocenters. The maximum absolute atomic E-state index is 11.6. The van der Waals surface area contributed by atoms with Crippen LogP contribution in [0, 0.1) is 0 Å². The largest absolute Gasteiger partial charge is 0.481 e. The molecule has 0 saturated heterocycles. The molecule has 0 saturated carbocycles. The van der Waals surface area contributed by atoms with Crippen molar-refractivity contribution in [3.05, 3.63) is 60.2 Å².